The average Bonchev–Trinajstić information content (AvgIpc) is 2.48. The van der Waals surface area contributed by atoms with E-state index in [0.29, 0.717) is 11.5 Å². The second kappa shape index (κ2) is 13.0. The van der Waals surface area contributed by atoms with Crippen LogP contribution < -0.4 is 20.1 Å². The minimum atomic E-state index is -0.271. The number of ether oxygens (including phenoxy) is 2. The maximum Gasteiger partial charge on any atom is 0.258 e. The average molecular weight is 410 g/mol. The number of hydrogen-bond acceptors (Lipinski definition) is 5. The Hall–Kier alpha value is -1.21. The van der Waals surface area contributed by atoms with E-state index in [0.717, 1.165) is 25.2 Å². The van der Waals surface area contributed by atoms with Gasteiger partial charge in [0, 0.05) is 25.2 Å². The van der Waals surface area contributed by atoms with Gasteiger partial charge in [0.2, 0.25) is 0 Å². The van der Waals surface area contributed by atoms with Gasteiger partial charge in [-0.15, -0.1) is 24.8 Å². The van der Waals surface area contributed by atoms with Crippen molar-refractivity contribution in [2.45, 2.75) is 32.9 Å². The van der Waals surface area contributed by atoms with Gasteiger partial charge in [0.1, 0.15) is 0 Å². The molecule has 0 aliphatic heterocycles. The van der Waals surface area contributed by atoms with Crippen LogP contribution in [-0.2, 0) is 11.3 Å². The van der Waals surface area contributed by atoms with Gasteiger partial charge < -0.3 is 25.0 Å². The quantitative estimate of drug-likeness (QED) is 0.613. The lowest BCUT2D eigenvalue weighted by molar-refractivity contribution is -0.124. The molecule has 0 aliphatic rings. The topological polar surface area (TPSA) is 62.8 Å². The normalized spacial score (nSPS) is 10.6. The molecular weight excluding hydrogens is 377 g/mol. The smallest absolute Gasteiger partial charge is 0.258 e. The summed E-state index contributed by atoms with van der Waals surface area (Å²) in [6, 6.07) is 5.74. The fourth-order valence-corrected chi connectivity index (χ4v) is 2.07. The van der Waals surface area contributed by atoms with Gasteiger partial charge in [-0.3, -0.25) is 4.79 Å². The van der Waals surface area contributed by atoms with Crippen LogP contribution in [0.25, 0.3) is 0 Å². The number of carbonyl (C=O) groups excluding carboxylic acids is 1. The fraction of sp³-hybridized carbons (Fsp3) is 0.611. The van der Waals surface area contributed by atoms with Crippen LogP contribution in [0, 0.1) is 0 Å². The summed E-state index contributed by atoms with van der Waals surface area (Å²) < 4.78 is 11.0. The second-order valence-corrected chi connectivity index (χ2v) is 7.05. The molecule has 1 rings (SSSR count). The molecule has 6 nitrogen and oxygen atoms in total. The molecule has 0 spiro atoms. The lowest BCUT2D eigenvalue weighted by Crippen LogP contribution is -2.43. The van der Waals surface area contributed by atoms with Gasteiger partial charge >= 0.3 is 0 Å². The Labute approximate surface area is 169 Å². The summed E-state index contributed by atoms with van der Waals surface area (Å²) >= 11 is 0. The van der Waals surface area contributed by atoms with E-state index in [1.807, 2.05) is 53.1 Å². The highest BCUT2D eigenvalue weighted by Crippen LogP contribution is 2.28. The summed E-state index contributed by atoms with van der Waals surface area (Å²) in [5, 5.41) is 6.24. The van der Waals surface area contributed by atoms with E-state index in [1.54, 1.807) is 7.11 Å². The summed E-state index contributed by atoms with van der Waals surface area (Å²) in [7, 11) is 5.69. The molecule has 1 amide bonds. The third kappa shape index (κ3) is 11.4. The Morgan fingerprint density at radius 2 is 1.81 bits per heavy atom. The second-order valence-electron chi connectivity index (χ2n) is 7.05. The number of nitrogens with one attached hydrogen (secondary N) is 2. The lowest BCUT2D eigenvalue weighted by atomic mass is 10.1. The van der Waals surface area contributed by atoms with Crippen LogP contribution in [0.15, 0.2) is 18.2 Å². The molecule has 0 saturated heterocycles. The van der Waals surface area contributed by atoms with Crippen LogP contribution >= 0.6 is 24.8 Å². The number of methoxy groups -OCH3 is 1. The minimum absolute atomic E-state index is 0. The van der Waals surface area contributed by atoms with Gasteiger partial charge in [0.05, 0.1) is 7.11 Å². The Morgan fingerprint density at radius 1 is 1.15 bits per heavy atom. The van der Waals surface area contributed by atoms with Crippen LogP contribution in [0.1, 0.15) is 26.3 Å². The molecule has 0 aliphatic carbocycles. The first-order valence-corrected chi connectivity index (χ1v) is 8.17. The van der Waals surface area contributed by atoms with Crippen molar-refractivity contribution in [1.29, 1.82) is 0 Å². The SMILES string of the molecule is COc1cc(CNCCN(C)C)ccc1OCC(=O)NC(C)(C)C.Cl.Cl. The number of halogens is 2. The van der Waals surface area contributed by atoms with E-state index in [-0.39, 0.29) is 42.9 Å². The van der Waals surface area contributed by atoms with Gasteiger partial charge in [-0.25, -0.2) is 0 Å². The summed E-state index contributed by atoms with van der Waals surface area (Å²) in [5.41, 5.74) is 0.837. The van der Waals surface area contributed by atoms with Gasteiger partial charge in [-0.05, 0) is 52.6 Å². The van der Waals surface area contributed by atoms with Gasteiger partial charge in [-0.1, -0.05) is 6.07 Å². The predicted octanol–water partition coefficient (Wildman–Crippen LogP) is 2.48. The van der Waals surface area contributed by atoms with Gasteiger partial charge in [-0.2, -0.15) is 0 Å². The van der Waals surface area contributed by atoms with Gasteiger partial charge in [0.25, 0.3) is 5.91 Å². The largest absolute Gasteiger partial charge is 0.493 e. The molecule has 2 N–H and O–H groups in total. The van der Waals surface area contributed by atoms with E-state index in [2.05, 4.69) is 15.5 Å². The maximum absolute atomic E-state index is 11.8. The molecule has 0 aromatic heterocycles. The first kappa shape index (κ1) is 27.0. The van der Waals surface area contributed by atoms with Crippen molar-refractivity contribution in [3.05, 3.63) is 23.8 Å². The van der Waals surface area contributed by atoms with E-state index >= 15 is 0 Å². The Morgan fingerprint density at radius 3 is 2.35 bits per heavy atom. The zero-order chi connectivity index (χ0) is 18.2. The zero-order valence-electron chi connectivity index (χ0n) is 16.5. The maximum atomic E-state index is 11.8. The van der Waals surface area contributed by atoms with Crippen LogP contribution in [0.3, 0.4) is 0 Å². The molecule has 0 saturated carbocycles. The molecule has 8 heteroatoms. The van der Waals surface area contributed by atoms with E-state index in [9.17, 15) is 4.79 Å². The van der Waals surface area contributed by atoms with Crippen molar-refractivity contribution >= 4 is 30.7 Å². The molecule has 1 aromatic carbocycles. The van der Waals surface area contributed by atoms with Crippen molar-refractivity contribution < 1.29 is 14.3 Å². The van der Waals surface area contributed by atoms with E-state index in [1.165, 1.54) is 0 Å². The van der Waals surface area contributed by atoms with Crippen molar-refractivity contribution in [2.24, 2.45) is 0 Å². The molecule has 0 fully saturated rings. The van der Waals surface area contributed by atoms with Crippen LogP contribution in [0.5, 0.6) is 11.5 Å². The number of carbonyl (C=O) groups is 1. The number of nitrogens with zero attached hydrogens (tertiary/aromatic N) is 1. The molecule has 0 heterocycles. The van der Waals surface area contributed by atoms with E-state index < -0.39 is 0 Å². The Balaban J connectivity index is 0. The lowest BCUT2D eigenvalue weighted by Gasteiger charge is -2.20. The van der Waals surface area contributed by atoms with Crippen LogP contribution in [0.4, 0.5) is 0 Å². The number of benzene rings is 1. The van der Waals surface area contributed by atoms with E-state index in [4.69, 9.17) is 9.47 Å². The number of rotatable bonds is 9. The van der Waals surface area contributed by atoms with Crippen molar-refractivity contribution in [3.8, 4) is 11.5 Å². The number of likely N-dealkylation sites (N-methyl/N-ethyl adjacent to an activating group) is 1. The predicted molar refractivity (Wildman–Crippen MR) is 111 cm³/mol. The number of amides is 1. The van der Waals surface area contributed by atoms with Crippen LogP contribution in [-0.4, -0.2) is 57.2 Å². The third-order valence-corrected chi connectivity index (χ3v) is 3.17. The zero-order valence-corrected chi connectivity index (χ0v) is 18.2. The molecule has 0 radical (unpaired) electrons. The standard InChI is InChI=1S/C18H31N3O3.2ClH/c1-18(2,3)20-17(22)13-24-15-8-7-14(11-16(15)23-6)12-19-9-10-21(4)5;;/h7-8,11,19H,9-10,12-13H2,1-6H3,(H,20,22);2*1H. The summed E-state index contributed by atoms with van der Waals surface area (Å²) in [4.78, 5) is 14.0. The highest BCUT2D eigenvalue weighted by atomic mass is 35.5. The molecule has 1 aromatic rings. The first-order valence-electron chi connectivity index (χ1n) is 8.17. The summed E-state index contributed by atoms with van der Waals surface area (Å²) in [6.07, 6.45) is 0. The first-order chi connectivity index (χ1) is 11.2. The van der Waals surface area contributed by atoms with Crippen molar-refractivity contribution in [2.75, 3.05) is 40.9 Å². The molecule has 0 atom stereocenters. The monoisotopic (exact) mass is 409 g/mol. The highest BCUT2D eigenvalue weighted by molar-refractivity contribution is 5.85. The highest BCUT2D eigenvalue weighted by Gasteiger charge is 2.15. The third-order valence-electron chi connectivity index (χ3n) is 3.17. The Bertz CT molecular complexity index is 535. The van der Waals surface area contributed by atoms with Crippen molar-refractivity contribution in [3.63, 3.8) is 0 Å². The van der Waals surface area contributed by atoms with Crippen LogP contribution in [0.2, 0.25) is 0 Å². The molecule has 0 bridgehead atoms. The molecule has 26 heavy (non-hydrogen) atoms. The summed E-state index contributed by atoms with van der Waals surface area (Å²) in [6.45, 7) is 8.43. The Kier molecular flexibility index (Phi) is 13.5. The van der Waals surface area contributed by atoms with Crippen molar-refractivity contribution in [1.82, 2.24) is 15.5 Å². The van der Waals surface area contributed by atoms with Gasteiger partial charge in [0.15, 0.2) is 18.1 Å². The molecule has 0 unspecified atom stereocenters. The number of hydrogen-bond donors (Lipinski definition) is 2. The molecular formula is C18H33Cl2N3O3. The summed E-state index contributed by atoms with van der Waals surface area (Å²) in [5.74, 6) is 1.04. The fourth-order valence-electron chi connectivity index (χ4n) is 2.07. The minimum Gasteiger partial charge on any atom is -0.493 e. The molecule has 152 valence electrons.